The molecule has 16 heavy (non-hydrogen) atoms. The summed E-state index contributed by atoms with van der Waals surface area (Å²) in [6.07, 6.45) is 0. The fourth-order valence-electron chi connectivity index (χ4n) is 1.85. The van der Waals surface area contributed by atoms with Gasteiger partial charge in [-0.15, -0.1) is 0 Å². The van der Waals surface area contributed by atoms with Crippen LogP contribution in [0.1, 0.15) is 11.1 Å². The van der Waals surface area contributed by atoms with E-state index in [1.54, 1.807) is 0 Å². The van der Waals surface area contributed by atoms with Gasteiger partial charge in [0.15, 0.2) is 0 Å². The van der Waals surface area contributed by atoms with E-state index in [2.05, 4.69) is 36.2 Å². The Bertz CT molecular complexity index is 518. The SMILES string of the molecule is Cc1ccc2cc(CN)c(N(C)C)nc2c1. The van der Waals surface area contributed by atoms with Gasteiger partial charge in [0.25, 0.3) is 0 Å². The lowest BCUT2D eigenvalue weighted by Gasteiger charge is -2.16. The highest BCUT2D eigenvalue weighted by molar-refractivity contribution is 5.82. The van der Waals surface area contributed by atoms with Crippen molar-refractivity contribution < 1.29 is 0 Å². The average Bonchev–Trinajstić information content (AvgIpc) is 2.27. The Kier molecular flexibility index (Phi) is 2.79. The third kappa shape index (κ3) is 1.86. The van der Waals surface area contributed by atoms with E-state index in [1.807, 2.05) is 19.0 Å². The predicted octanol–water partition coefficient (Wildman–Crippen LogP) is 2.07. The largest absolute Gasteiger partial charge is 0.362 e. The van der Waals surface area contributed by atoms with E-state index in [1.165, 1.54) is 5.56 Å². The molecule has 0 atom stereocenters. The first kappa shape index (κ1) is 10.9. The maximum Gasteiger partial charge on any atom is 0.133 e. The summed E-state index contributed by atoms with van der Waals surface area (Å²) in [5.74, 6) is 0.959. The standard InChI is InChI=1S/C13H17N3/c1-9-4-5-10-7-11(8-14)13(16(2)3)15-12(10)6-9/h4-7H,8,14H2,1-3H3. The van der Waals surface area contributed by atoms with E-state index < -0.39 is 0 Å². The molecule has 0 unspecified atom stereocenters. The Morgan fingerprint density at radius 3 is 2.62 bits per heavy atom. The van der Waals surface area contributed by atoms with Crippen LogP contribution < -0.4 is 10.6 Å². The van der Waals surface area contributed by atoms with E-state index >= 15 is 0 Å². The molecule has 0 aliphatic carbocycles. The highest BCUT2D eigenvalue weighted by Crippen LogP contribution is 2.22. The Balaban J connectivity index is 2.70. The number of nitrogens with zero attached hydrogens (tertiary/aromatic N) is 2. The normalized spacial score (nSPS) is 10.8. The number of benzene rings is 1. The molecule has 3 nitrogen and oxygen atoms in total. The summed E-state index contributed by atoms with van der Waals surface area (Å²) in [7, 11) is 3.98. The van der Waals surface area contributed by atoms with Gasteiger partial charge in [0.05, 0.1) is 5.52 Å². The predicted molar refractivity (Wildman–Crippen MR) is 68.7 cm³/mol. The number of aryl methyl sites for hydroxylation is 1. The van der Waals surface area contributed by atoms with Crippen LogP contribution in [0.2, 0.25) is 0 Å². The van der Waals surface area contributed by atoms with Crippen molar-refractivity contribution in [1.82, 2.24) is 4.98 Å². The average molecular weight is 215 g/mol. The van der Waals surface area contributed by atoms with E-state index in [0.717, 1.165) is 22.3 Å². The van der Waals surface area contributed by atoms with Crippen LogP contribution in [0.4, 0.5) is 5.82 Å². The van der Waals surface area contributed by atoms with Crippen molar-refractivity contribution >= 4 is 16.7 Å². The molecule has 0 saturated heterocycles. The quantitative estimate of drug-likeness (QED) is 0.834. The molecule has 84 valence electrons. The van der Waals surface area contributed by atoms with E-state index in [4.69, 9.17) is 5.73 Å². The zero-order chi connectivity index (χ0) is 11.7. The number of nitrogens with two attached hydrogens (primary N) is 1. The topological polar surface area (TPSA) is 42.1 Å². The van der Waals surface area contributed by atoms with Crippen molar-refractivity contribution in [1.29, 1.82) is 0 Å². The summed E-state index contributed by atoms with van der Waals surface area (Å²) >= 11 is 0. The highest BCUT2D eigenvalue weighted by atomic mass is 15.1. The summed E-state index contributed by atoms with van der Waals surface area (Å²) in [5.41, 5.74) is 9.08. The van der Waals surface area contributed by atoms with Gasteiger partial charge in [-0.2, -0.15) is 0 Å². The van der Waals surface area contributed by atoms with Crippen LogP contribution in [-0.2, 0) is 6.54 Å². The fraction of sp³-hybridized carbons (Fsp3) is 0.308. The van der Waals surface area contributed by atoms with Gasteiger partial charge in [-0.1, -0.05) is 12.1 Å². The molecule has 0 saturated carbocycles. The van der Waals surface area contributed by atoms with Crippen LogP contribution in [0.3, 0.4) is 0 Å². The summed E-state index contributed by atoms with van der Waals surface area (Å²) in [6, 6.07) is 8.41. The number of rotatable bonds is 2. The van der Waals surface area contributed by atoms with Crippen molar-refractivity contribution in [2.45, 2.75) is 13.5 Å². The van der Waals surface area contributed by atoms with Crippen molar-refractivity contribution in [3.8, 4) is 0 Å². The highest BCUT2D eigenvalue weighted by Gasteiger charge is 2.07. The minimum atomic E-state index is 0.518. The smallest absolute Gasteiger partial charge is 0.133 e. The van der Waals surface area contributed by atoms with Crippen LogP contribution in [-0.4, -0.2) is 19.1 Å². The van der Waals surface area contributed by atoms with Gasteiger partial charge in [-0.25, -0.2) is 4.98 Å². The Morgan fingerprint density at radius 2 is 2.00 bits per heavy atom. The Labute approximate surface area is 95.9 Å². The molecule has 0 spiro atoms. The first-order valence-electron chi connectivity index (χ1n) is 5.39. The van der Waals surface area contributed by atoms with Gasteiger partial charge in [0, 0.05) is 31.6 Å². The van der Waals surface area contributed by atoms with Gasteiger partial charge in [-0.3, -0.25) is 0 Å². The number of anilines is 1. The second-order valence-electron chi connectivity index (χ2n) is 4.27. The molecular weight excluding hydrogens is 198 g/mol. The first-order valence-corrected chi connectivity index (χ1v) is 5.39. The second-order valence-corrected chi connectivity index (χ2v) is 4.27. The van der Waals surface area contributed by atoms with E-state index in [0.29, 0.717) is 6.54 Å². The lowest BCUT2D eigenvalue weighted by atomic mass is 10.1. The Hall–Kier alpha value is -1.61. The molecule has 1 aromatic carbocycles. The lowest BCUT2D eigenvalue weighted by Crippen LogP contribution is -2.15. The minimum Gasteiger partial charge on any atom is -0.362 e. The van der Waals surface area contributed by atoms with Gasteiger partial charge >= 0.3 is 0 Å². The maximum atomic E-state index is 5.74. The summed E-state index contributed by atoms with van der Waals surface area (Å²) in [4.78, 5) is 6.66. The molecule has 0 fully saturated rings. The molecule has 0 aliphatic rings. The maximum absolute atomic E-state index is 5.74. The monoisotopic (exact) mass is 215 g/mol. The number of fused-ring (bicyclic) bond motifs is 1. The van der Waals surface area contributed by atoms with Crippen molar-refractivity contribution in [2.75, 3.05) is 19.0 Å². The second kappa shape index (κ2) is 4.10. The van der Waals surface area contributed by atoms with Crippen LogP contribution in [0.25, 0.3) is 10.9 Å². The van der Waals surface area contributed by atoms with E-state index in [-0.39, 0.29) is 0 Å². The number of aromatic nitrogens is 1. The molecule has 2 rings (SSSR count). The molecule has 0 aliphatic heterocycles. The lowest BCUT2D eigenvalue weighted by molar-refractivity contribution is 0.998. The van der Waals surface area contributed by atoms with Gasteiger partial charge in [0.2, 0.25) is 0 Å². The van der Waals surface area contributed by atoms with Crippen LogP contribution in [0.15, 0.2) is 24.3 Å². The number of hydrogen-bond acceptors (Lipinski definition) is 3. The first-order chi connectivity index (χ1) is 7.61. The number of pyridine rings is 1. The molecule has 0 radical (unpaired) electrons. The zero-order valence-corrected chi connectivity index (χ0v) is 9.99. The molecule has 0 amide bonds. The van der Waals surface area contributed by atoms with Crippen molar-refractivity contribution in [3.05, 3.63) is 35.4 Å². The fourth-order valence-corrected chi connectivity index (χ4v) is 1.85. The summed E-state index contributed by atoms with van der Waals surface area (Å²) < 4.78 is 0. The third-order valence-electron chi connectivity index (χ3n) is 2.67. The molecule has 2 N–H and O–H groups in total. The molecule has 3 heteroatoms. The summed E-state index contributed by atoms with van der Waals surface area (Å²) in [5, 5.41) is 1.15. The molecule has 1 heterocycles. The van der Waals surface area contributed by atoms with Gasteiger partial charge in [0.1, 0.15) is 5.82 Å². The van der Waals surface area contributed by atoms with Crippen LogP contribution >= 0.6 is 0 Å². The zero-order valence-electron chi connectivity index (χ0n) is 9.99. The van der Waals surface area contributed by atoms with Gasteiger partial charge in [-0.05, 0) is 24.6 Å². The van der Waals surface area contributed by atoms with E-state index in [9.17, 15) is 0 Å². The van der Waals surface area contributed by atoms with Crippen molar-refractivity contribution in [2.24, 2.45) is 5.73 Å². The molecule has 0 bridgehead atoms. The molecule has 2 aromatic rings. The Morgan fingerprint density at radius 1 is 1.25 bits per heavy atom. The molecular formula is C13H17N3. The molecule has 1 aromatic heterocycles. The van der Waals surface area contributed by atoms with Gasteiger partial charge < -0.3 is 10.6 Å². The number of hydrogen-bond donors (Lipinski definition) is 1. The van der Waals surface area contributed by atoms with Crippen LogP contribution in [0.5, 0.6) is 0 Å². The minimum absolute atomic E-state index is 0.518. The van der Waals surface area contributed by atoms with Crippen LogP contribution in [0, 0.1) is 6.92 Å². The third-order valence-corrected chi connectivity index (χ3v) is 2.67. The van der Waals surface area contributed by atoms with Crippen molar-refractivity contribution in [3.63, 3.8) is 0 Å². The summed E-state index contributed by atoms with van der Waals surface area (Å²) in [6.45, 7) is 2.59.